The van der Waals surface area contributed by atoms with Crippen molar-refractivity contribution in [2.24, 2.45) is 5.92 Å². The van der Waals surface area contributed by atoms with Gasteiger partial charge in [0, 0.05) is 23.8 Å². The molecule has 0 aliphatic heterocycles. The number of hydrogen-bond donors (Lipinski definition) is 1. The second-order valence-corrected chi connectivity index (χ2v) is 6.34. The van der Waals surface area contributed by atoms with Crippen molar-refractivity contribution in [2.75, 3.05) is 6.54 Å². The van der Waals surface area contributed by atoms with Crippen LogP contribution in [0.4, 0.5) is 0 Å². The molecule has 0 amide bonds. The van der Waals surface area contributed by atoms with E-state index in [1.54, 1.807) is 0 Å². The van der Waals surface area contributed by atoms with Gasteiger partial charge in [0.15, 0.2) is 0 Å². The van der Waals surface area contributed by atoms with E-state index in [1.165, 1.54) is 54.9 Å². The highest BCUT2D eigenvalue weighted by atomic mass is 14.9. The molecule has 1 atom stereocenters. The van der Waals surface area contributed by atoms with Crippen LogP contribution in [0, 0.1) is 5.92 Å². The molecule has 1 aliphatic rings. The van der Waals surface area contributed by atoms with Crippen LogP contribution in [-0.4, -0.2) is 11.5 Å². The number of fused-ring (bicyclic) bond motifs is 1. The van der Waals surface area contributed by atoms with Gasteiger partial charge >= 0.3 is 0 Å². The molecule has 2 nitrogen and oxygen atoms in total. The Bertz CT molecular complexity index is 567. The summed E-state index contributed by atoms with van der Waals surface area (Å²) in [7, 11) is 0. The lowest BCUT2D eigenvalue weighted by Crippen LogP contribution is -2.24. The van der Waals surface area contributed by atoms with Crippen molar-refractivity contribution in [1.82, 2.24) is 10.3 Å². The first kappa shape index (κ1) is 14.5. The number of rotatable bonds is 6. The van der Waals surface area contributed by atoms with Gasteiger partial charge in [0.05, 0.1) is 0 Å². The summed E-state index contributed by atoms with van der Waals surface area (Å²) < 4.78 is 0. The average molecular weight is 282 g/mol. The van der Waals surface area contributed by atoms with Crippen LogP contribution in [0.1, 0.15) is 57.1 Å². The maximum Gasteiger partial charge on any atom is 0.0346 e. The second kappa shape index (κ2) is 7.04. The van der Waals surface area contributed by atoms with Gasteiger partial charge in [-0.25, -0.2) is 0 Å². The molecule has 0 bridgehead atoms. The third-order valence-electron chi connectivity index (χ3n) is 4.76. The quantitative estimate of drug-likeness (QED) is 0.818. The number of nitrogens with one attached hydrogen (secondary N) is 1. The summed E-state index contributed by atoms with van der Waals surface area (Å²) in [6.45, 7) is 3.32. The molecule has 3 rings (SSSR count). The second-order valence-electron chi connectivity index (χ2n) is 6.34. The Labute approximate surface area is 128 Å². The highest BCUT2D eigenvalue weighted by Gasteiger charge is 2.22. The summed E-state index contributed by atoms with van der Waals surface area (Å²) in [5, 5.41) is 6.38. The largest absolute Gasteiger partial charge is 0.310 e. The molecule has 0 radical (unpaired) electrons. The Morgan fingerprint density at radius 2 is 2.00 bits per heavy atom. The zero-order valence-corrected chi connectivity index (χ0v) is 13.0. The summed E-state index contributed by atoms with van der Waals surface area (Å²) in [4.78, 5) is 4.48. The fourth-order valence-corrected chi connectivity index (χ4v) is 3.64. The van der Waals surface area contributed by atoms with Crippen molar-refractivity contribution >= 4 is 10.8 Å². The summed E-state index contributed by atoms with van der Waals surface area (Å²) >= 11 is 0. The van der Waals surface area contributed by atoms with Gasteiger partial charge in [0.1, 0.15) is 0 Å². The summed E-state index contributed by atoms with van der Waals surface area (Å²) in [5.41, 5.74) is 1.38. The van der Waals surface area contributed by atoms with Crippen molar-refractivity contribution < 1.29 is 0 Å². The molecule has 2 aromatic rings. The molecule has 112 valence electrons. The van der Waals surface area contributed by atoms with E-state index in [0.29, 0.717) is 6.04 Å². The lowest BCUT2D eigenvalue weighted by molar-refractivity contribution is 0.396. The lowest BCUT2D eigenvalue weighted by atomic mass is 9.92. The number of hydrogen-bond acceptors (Lipinski definition) is 2. The van der Waals surface area contributed by atoms with E-state index < -0.39 is 0 Å². The zero-order chi connectivity index (χ0) is 14.5. The van der Waals surface area contributed by atoms with Gasteiger partial charge in [0.2, 0.25) is 0 Å². The Hall–Kier alpha value is -1.41. The van der Waals surface area contributed by atoms with E-state index in [-0.39, 0.29) is 0 Å². The minimum absolute atomic E-state index is 0.451. The number of benzene rings is 1. The predicted molar refractivity (Wildman–Crippen MR) is 89.4 cm³/mol. The molecule has 1 aromatic carbocycles. The first-order valence-electron chi connectivity index (χ1n) is 8.44. The Morgan fingerprint density at radius 1 is 1.19 bits per heavy atom. The molecule has 1 fully saturated rings. The van der Waals surface area contributed by atoms with Crippen molar-refractivity contribution in [3.8, 4) is 0 Å². The monoisotopic (exact) mass is 282 g/mol. The van der Waals surface area contributed by atoms with E-state index in [1.807, 2.05) is 6.20 Å². The minimum Gasteiger partial charge on any atom is -0.310 e. The molecule has 1 N–H and O–H groups in total. The van der Waals surface area contributed by atoms with Gasteiger partial charge in [-0.2, -0.15) is 0 Å². The molecule has 1 saturated carbocycles. The number of pyridine rings is 1. The van der Waals surface area contributed by atoms with E-state index in [2.05, 4.69) is 47.7 Å². The molecule has 2 heteroatoms. The molecular weight excluding hydrogens is 256 g/mol. The minimum atomic E-state index is 0.451. The predicted octanol–water partition coefficient (Wildman–Crippen LogP) is 4.86. The highest BCUT2D eigenvalue weighted by molar-refractivity contribution is 5.85. The van der Waals surface area contributed by atoms with Crippen LogP contribution in [0.3, 0.4) is 0 Å². The lowest BCUT2D eigenvalue weighted by Gasteiger charge is -2.23. The Kier molecular flexibility index (Phi) is 4.87. The van der Waals surface area contributed by atoms with Crippen molar-refractivity contribution in [1.29, 1.82) is 0 Å². The van der Waals surface area contributed by atoms with Crippen LogP contribution in [0.25, 0.3) is 10.8 Å². The molecule has 1 aliphatic carbocycles. The van der Waals surface area contributed by atoms with Crippen molar-refractivity contribution in [2.45, 2.75) is 51.5 Å². The Morgan fingerprint density at radius 3 is 2.81 bits per heavy atom. The van der Waals surface area contributed by atoms with Crippen molar-refractivity contribution in [3.63, 3.8) is 0 Å². The summed E-state index contributed by atoms with van der Waals surface area (Å²) in [6, 6.07) is 9.09. The fraction of sp³-hybridized carbons (Fsp3) is 0.526. The molecule has 1 aromatic heterocycles. The smallest absolute Gasteiger partial charge is 0.0346 e. The fourth-order valence-electron chi connectivity index (χ4n) is 3.64. The molecule has 21 heavy (non-hydrogen) atoms. The number of nitrogens with zero attached hydrogens (tertiary/aromatic N) is 1. The first-order valence-corrected chi connectivity index (χ1v) is 8.44. The van der Waals surface area contributed by atoms with E-state index >= 15 is 0 Å². The van der Waals surface area contributed by atoms with Crippen LogP contribution in [0.15, 0.2) is 36.7 Å². The van der Waals surface area contributed by atoms with E-state index in [4.69, 9.17) is 0 Å². The van der Waals surface area contributed by atoms with Crippen LogP contribution < -0.4 is 5.32 Å². The van der Waals surface area contributed by atoms with Crippen LogP contribution in [0.5, 0.6) is 0 Å². The summed E-state index contributed by atoms with van der Waals surface area (Å²) in [6.07, 6.45) is 12.1. The molecule has 1 unspecified atom stereocenters. The SMILES string of the molecule is CCCNC(CC1CCCC1)c1cncc2ccccc12. The van der Waals surface area contributed by atoms with Gasteiger partial charge in [-0.15, -0.1) is 0 Å². The van der Waals surface area contributed by atoms with E-state index in [9.17, 15) is 0 Å². The number of aromatic nitrogens is 1. The van der Waals surface area contributed by atoms with Gasteiger partial charge in [-0.3, -0.25) is 4.98 Å². The molecule has 0 spiro atoms. The third kappa shape index (κ3) is 3.44. The average Bonchev–Trinajstić information content (AvgIpc) is 3.04. The summed E-state index contributed by atoms with van der Waals surface area (Å²) in [5.74, 6) is 0.887. The molecular formula is C19H26N2. The normalized spacial score (nSPS) is 17.4. The topological polar surface area (TPSA) is 24.9 Å². The third-order valence-corrected chi connectivity index (χ3v) is 4.76. The molecule has 0 saturated heterocycles. The Balaban J connectivity index is 1.89. The zero-order valence-electron chi connectivity index (χ0n) is 13.0. The van der Waals surface area contributed by atoms with Gasteiger partial charge in [-0.1, -0.05) is 56.9 Å². The first-order chi connectivity index (χ1) is 10.4. The van der Waals surface area contributed by atoms with Crippen LogP contribution in [0.2, 0.25) is 0 Å². The van der Waals surface area contributed by atoms with Crippen LogP contribution in [-0.2, 0) is 0 Å². The van der Waals surface area contributed by atoms with Gasteiger partial charge < -0.3 is 5.32 Å². The highest BCUT2D eigenvalue weighted by Crippen LogP contribution is 2.34. The maximum absolute atomic E-state index is 4.48. The van der Waals surface area contributed by atoms with Gasteiger partial charge in [-0.05, 0) is 36.3 Å². The molecule has 1 heterocycles. The van der Waals surface area contributed by atoms with Crippen LogP contribution >= 0.6 is 0 Å². The van der Waals surface area contributed by atoms with Crippen molar-refractivity contribution in [3.05, 3.63) is 42.2 Å². The maximum atomic E-state index is 4.48. The van der Waals surface area contributed by atoms with E-state index in [0.717, 1.165) is 12.5 Å². The standard InChI is InChI=1S/C19H26N2/c1-2-11-21-19(12-15-7-3-4-8-15)18-14-20-13-16-9-5-6-10-17(16)18/h5-6,9-10,13-15,19,21H,2-4,7-8,11-12H2,1H3. The van der Waals surface area contributed by atoms with Gasteiger partial charge in [0.25, 0.3) is 0 Å².